The lowest BCUT2D eigenvalue weighted by molar-refractivity contribution is -0.140. The summed E-state index contributed by atoms with van der Waals surface area (Å²) in [6, 6.07) is 12.1. The summed E-state index contributed by atoms with van der Waals surface area (Å²) < 4.78 is 10.9. The predicted molar refractivity (Wildman–Crippen MR) is 114 cm³/mol. The van der Waals surface area contributed by atoms with Crippen LogP contribution in [0.1, 0.15) is 5.56 Å². The summed E-state index contributed by atoms with van der Waals surface area (Å²) in [4.78, 5) is 27.6. The van der Waals surface area contributed by atoms with Crippen molar-refractivity contribution < 1.29 is 19.1 Å². The lowest BCUT2D eigenvalue weighted by atomic mass is 9.95. The number of ether oxygens (including phenoxy) is 2. The van der Waals surface area contributed by atoms with Crippen molar-refractivity contribution in [2.75, 3.05) is 30.7 Å². The highest BCUT2D eigenvalue weighted by Crippen LogP contribution is 2.32. The van der Waals surface area contributed by atoms with Gasteiger partial charge >= 0.3 is 0 Å². The molecule has 0 radical (unpaired) electrons. The van der Waals surface area contributed by atoms with Crippen molar-refractivity contribution in [1.82, 2.24) is 4.90 Å². The molecule has 6 nitrogen and oxygen atoms in total. The van der Waals surface area contributed by atoms with Crippen LogP contribution in [0.15, 0.2) is 42.5 Å². The van der Waals surface area contributed by atoms with Crippen LogP contribution in [0, 0.1) is 5.92 Å². The molecular formula is C21H21ClN2O4S. The quantitative estimate of drug-likeness (QED) is 0.801. The Morgan fingerprint density at radius 2 is 2.03 bits per heavy atom. The van der Waals surface area contributed by atoms with E-state index in [0.717, 1.165) is 11.3 Å². The molecule has 2 unspecified atom stereocenters. The fraction of sp³-hybridized carbons (Fsp3) is 0.333. The molecule has 0 bridgehead atoms. The molecule has 8 heteroatoms. The van der Waals surface area contributed by atoms with Crippen LogP contribution >= 0.6 is 23.4 Å². The molecule has 29 heavy (non-hydrogen) atoms. The number of carbonyl (C=O) groups excluding carboxylic acids is 2. The van der Waals surface area contributed by atoms with E-state index in [1.165, 1.54) is 0 Å². The van der Waals surface area contributed by atoms with Crippen LogP contribution in [0.4, 0.5) is 5.69 Å². The van der Waals surface area contributed by atoms with Gasteiger partial charge in [0.2, 0.25) is 11.8 Å². The van der Waals surface area contributed by atoms with E-state index in [9.17, 15) is 9.59 Å². The van der Waals surface area contributed by atoms with Crippen LogP contribution in [0.5, 0.6) is 11.5 Å². The minimum absolute atomic E-state index is 0.0597. The van der Waals surface area contributed by atoms with E-state index in [2.05, 4.69) is 5.32 Å². The number of anilines is 1. The van der Waals surface area contributed by atoms with E-state index in [0.29, 0.717) is 41.1 Å². The Morgan fingerprint density at radius 3 is 2.79 bits per heavy atom. The summed E-state index contributed by atoms with van der Waals surface area (Å²) >= 11 is 7.65. The third kappa shape index (κ3) is 4.31. The number of halogens is 1. The first kappa shape index (κ1) is 19.9. The molecule has 1 fully saturated rings. The van der Waals surface area contributed by atoms with E-state index in [1.807, 2.05) is 12.1 Å². The van der Waals surface area contributed by atoms with Gasteiger partial charge in [-0.05, 0) is 54.4 Å². The van der Waals surface area contributed by atoms with Gasteiger partial charge in [0.25, 0.3) is 0 Å². The molecule has 0 aromatic heterocycles. The van der Waals surface area contributed by atoms with E-state index >= 15 is 0 Å². The van der Waals surface area contributed by atoms with Gasteiger partial charge in [-0.25, -0.2) is 0 Å². The lowest BCUT2D eigenvalue weighted by Gasteiger charge is -2.30. The Balaban J connectivity index is 1.43. The van der Waals surface area contributed by atoms with Gasteiger partial charge in [-0.15, -0.1) is 11.8 Å². The number of benzene rings is 2. The largest absolute Gasteiger partial charge is 0.497 e. The van der Waals surface area contributed by atoms with Crippen LogP contribution in [-0.2, 0) is 16.0 Å². The van der Waals surface area contributed by atoms with Crippen molar-refractivity contribution >= 4 is 40.9 Å². The number of methoxy groups -OCH3 is 1. The molecule has 2 aromatic carbocycles. The summed E-state index contributed by atoms with van der Waals surface area (Å²) in [5, 5.41) is 3.52. The van der Waals surface area contributed by atoms with Gasteiger partial charge in [0.15, 0.2) is 0 Å². The van der Waals surface area contributed by atoms with Gasteiger partial charge in [-0.3, -0.25) is 9.59 Å². The molecule has 2 amide bonds. The summed E-state index contributed by atoms with van der Waals surface area (Å²) in [6.45, 7) is 0.307. The van der Waals surface area contributed by atoms with Gasteiger partial charge in [-0.1, -0.05) is 11.6 Å². The van der Waals surface area contributed by atoms with Crippen LogP contribution in [0.3, 0.4) is 0 Å². The molecule has 2 heterocycles. The maximum atomic E-state index is 13.1. The summed E-state index contributed by atoms with van der Waals surface area (Å²) in [6.07, 6.45) is 0.558. The minimum Gasteiger partial charge on any atom is -0.497 e. The van der Waals surface area contributed by atoms with Gasteiger partial charge in [0, 0.05) is 16.5 Å². The first-order valence-corrected chi connectivity index (χ1v) is 10.8. The van der Waals surface area contributed by atoms with Crippen molar-refractivity contribution in [3.8, 4) is 11.5 Å². The molecule has 4 rings (SSSR count). The Labute approximate surface area is 178 Å². The molecule has 0 spiro atoms. The topological polar surface area (TPSA) is 67.9 Å². The number of amides is 2. The monoisotopic (exact) mass is 432 g/mol. The van der Waals surface area contributed by atoms with Crippen molar-refractivity contribution in [2.45, 2.75) is 12.5 Å². The lowest BCUT2D eigenvalue weighted by Crippen LogP contribution is -2.48. The number of fused-ring (bicyclic) bond motifs is 1. The number of carbonyl (C=O) groups is 2. The average molecular weight is 433 g/mol. The van der Waals surface area contributed by atoms with Crippen molar-refractivity contribution in [3.05, 3.63) is 53.1 Å². The Kier molecular flexibility index (Phi) is 5.87. The van der Waals surface area contributed by atoms with Crippen LogP contribution in [0.2, 0.25) is 5.02 Å². The van der Waals surface area contributed by atoms with Gasteiger partial charge in [0.05, 0.1) is 18.9 Å². The second-order valence-electron chi connectivity index (χ2n) is 7.01. The zero-order valence-electron chi connectivity index (χ0n) is 15.9. The zero-order chi connectivity index (χ0) is 20.4. The number of rotatable bonds is 4. The number of nitrogens with zero attached hydrogens (tertiary/aromatic N) is 1. The van der Waals surface area contributed by atoms with Crippen LogP contribution < -0.4 is 14.8 Å². The normalized spacial score (nSPS) is 20.6. The number of nitrogens with one attached hydrogen (secondary N) is 1. The van der Waals surface area contributed by atoms with Crippen LogP contribution in [0.25, 0.3) is 0 Å². The second-order valence-corrected chi connectivity index (χ2v) is 8.44. The molecule has 2 aromatic rings. The third-order valence-electron chi connectivity index (χ3n) is 5.10. The number of thioether (sulfide) groups is 1. The highest BCUT2D eigenvalue weighted by Gasteiger charge is 2.39. The SMILES string of the molecule is COc1ccc(NC(=O)C2CSCN2C(=O)C2COc3ccc(Cl)cc3C2)cc1. The maximum Gasteiger partial charge on any atom is 0.248 e. The van der Waals surface area contributed by atoms with Crippen molar-refractivity contribution in [2.24, 2.45) is 5.92 Å². The molecule has 0 aliphatic carbocycles. The minimum atomic E-state index is -0.504. The zero-order valence-corrected chi connectivity index (χ0v) is 17.5. The summed E-state index contributed by atoms with van der Waals surface area (Å²) in [7, 11) is 1.59. The Bertz CT molecular complexity index is 921. The highest BCUT2D eigenvalue weighted by molar-refractivity contribution is 7.99. The van der Waals surface area contributed by atoms with E-state index in [1.54, 1.807) is 54.1 Å². The van der Waals surface area contributed by atoms with Gasteiger partial charge < -0.3 is 19.7 Å². The number of hydrogen-bond donors (Lipinski definition) is 1. The summed E-state index contributed by atoms with van der Waals surface area (Å²) in [5.74, 6) is 1.99. The van der Waals surface area contributed by atoms with Gasteiger partial charge in [0.1, 0.15) is 24.1 Å². The average Bonchev–Trinajstić information content (AvgIpc) is 3.23. The van der Waals surface area contributed by atoms with Gasteiger partial charge in [-0.2, -0.15) is 0 Å². The standard InChI is InChI=1S/C21H21ClN2O4S/c1-27-17-5-3-16(4-6-17)23-20(25)18-11-29-12-24(18)21(26)14-8-13-9-15(22)2-7-19(13)28-10-14/h2-7,9,14,18H,8,10-12H2,1H3,(H,23,25). The molecule has 2 aliphatic heterocycles. The molecule has 0 saturated carbocycles. The van der Waals surface area contributed by atoms with E-state index in [4.69, 9.17) is 21.1 Å². The molecule has 2 atom stereocenters. The molecule has 2 aliphatic rings. The summed E-state index contributed by atoms with van der Waals surface area (Å²) in [5.41, 5.74) is 1.60. The fourth-order valence-electron chi connectivity index (χ4n) is 3.53. The molecule has 1 N–H and O–H groups in total. The Hall–Kier alpha value is -2.38. The smallest absolute Gasteiger partial charge is 0.248 e. The van der Waals surface area contributed by atoms with Crippen molar-refractivity contribution in [1.29, 1.82) is 0 Å². The Morgan fingerprint density at radius 1 is 1.24 bits per heavy atom. The number of hydrogen-bond acceptors (Lipinski definition) is 5. The maximum absolute atomic E-state index is 13.1. The van der Waals surface area contributed by atoms with E-state index in [-0.39, 0.29) is 17.7 Å². The molecule has 152 valence electrons. The predicted octanol–water partition coefficient (Wildman–Crippen LogP) is 3.44. The van der Waals surface area contributed by atoms with Crippen LogP contribution in [-0.4, -0.2) is 48.1 Å². The first-order valence-electron chi connectivity index (χ1n) is 9.29. The third-order valence-corrected chi connectivity index (χ3v) is 6.35. The molecular weight excluding hydrogens is 412 g/mol. The second kappa shape index (κ2) is 8.55. The molecule has 1 saturated heterocycles. The highest BCUT2D eigenvalue weighted by atomic mass is 35.5. The fourth-order valence-corrected chi connectivity index (χ4v) is 4.89. The first-order chi connectivity index (χ1) is 14.0. The van der Waals surface area contributed by atoms with E-state index < -0.39 is 6.04 Å². The van der Waals surface area contributed by atoms with Crippen molar-refractivity contribution in [3.63, 3.8) is 0 Å².